The lowest BCUT2D eigenvalue weighted by Crippen LogP contribution is -2.36. The smallest absolute Gasteiger partial charge is 0.191 e. The van der Waals surface area contributed by atoms with Gasteiger partial charge in [0, 0.05) is 32.7 Å². The van der Waals surface area contributed by atoms with Crippen LogP contribution in [0, 0.1) is 0 Å². The first-order valence-corrected chi connectivity index (χ1v) is 9.16. The molecule has 0 spiro atoms. The van der Waals surface area contributed by atoms with Gasteiger partial charge in [0.25, 0.3) is 0 Å². The Balaban J connectivity index is 0.00000364. The van der Waals surface area contributed by atoms with Crippen LogP contribution in [-0.4, -0.2) is 25.3 Å². The van der Waals surface area contributed by atoms with Gasteiger partial charge >= 0.3 is 0 Å². The molecular weight excluding hydrogens is 455 g/mol. The number of aliphatic imine (C=N–C) groups is 1. The van der Waals surface area contributed by atoms with Crippen molar-refractivity contribution in [3.63, 3.8) is 0 Å². The van der Waals surface area contributed by atoms with Crippen molar-refractivity contribution >= 4 is 29.9 Å². The Bertz CT molecular complexity index is 682. The second-order valence-corrected chi connectivity index (χ2v) is 6.26. The number of ether oxygens (including phenoxy) is 1. The van der Waals surface area contributed by atoms with Crippen LogP contribution in [0.25, 0.3) is 0 Å². The number of benzene rings is 1. The van der Waals surface area contributed by atoms with Crippen LogP contribution in [0.3, 0.4) is 0 Å². The van der Waals surface area contributed by atoms with E-state index in [-0.39, 0.29) is 24.0 Å². The molecule has 0 amide bonds. The van der Waals surface area contributed by atoms with Crippen LogP contribution in [0.15, 0.2) is 39.8 Å². The predicted molar refractivity (Wildman–Crippen MR) is 119 cm³/mol. The summed E-state index contributed by atoms with van der Waals surface area (Å²) in [6, 6.07) is 10.4. The van der Waals surface area contributed by atoms with E-state index in [1.165, 1.54) is 5.56 Å². The number of rotatable bonds is 9. The van der Waals surface area contributed by atoms with Gasteiger partial charge in [0.1, 0.15) is 0 Å². The summed E-state index contributed by atoms with van der Waals surface area (Å²) in [6.07, 6.45) is 2.14. The second kappa shape index (κ2) is 12.7. The Labute approximate surface area is 179 Å². The van der Waals surface area contributed by atoms with Gasteiger partial charge in [-0.15, -0.1) is 24.0 Å². The Morgan fingerprint density at radius 3 is 2.33 bits per heavy atom. The van der Waals surface area contributed by atoms with Gasteiger partial charge in [-0.05, 0) is 24.0 Å². The third-order valence-electron chi connectivity index (χ3n) is 4.43. The molecule has 0 radical (unpaired) electrons. The fourth-order valence-electron chi connectivity index (χ4n) is 2.81. The Hall–Kier alpha value is -1.61. The molecule has 0 atom stereocenters. The number of aromatic nitrogens is 1. The van der Waals surface area contributed by atoms with Gasteiger partial charge < -0.3 is 19.9 Å². The lowest BCUT2D eigenvalue weighted by molar-refractivity contribution is 0.185. The normalized spacial score (nSPS) is 11.4. The van der Waals surface area contributed by atoms with Crippen molar-refractivity contribution in [1.82, 2.24) is 15.8 Å². The quantitative estimate of drug-likeness (QED) is 0.316. The molecule has 2 aromatic rings. The van der Waals surface area contributed by atoms with Gasteiger partial charge in [0.05, 0.1) is 18.8 Å². The van der Waals surface area contributed by atoms with E-state index in [1.54, 1.807) is 14.2 Å². The molecule has 0 aliphatic carbocycles. The number of guanidine groups is 1. The van der Waals surface area contributed by atoms with Crippen LogP contribution < -0.4 is 10.6 Å². The molecule has 0 saturated carbocycles. The first kappa shape index (κ1) is 23.4. The van der Waals surface area contributed by atoms with E-state index in [2.05, 4.69) is 58.9 Å². The Morgan fingerprint density at radius 1 is 1.11 bits per heavy atom. The maximum Gasteiger partial charge on any atom is 0.191 e. The molecule has 0 fully saturated rings. The molecule has 27 heavy (non-hydrogen) atoms. The van der Waals surface area contributed by atoms with E-state index in [0.29, 0.717) is 25.6 Å². The average molecular weight is 486 g/mol. The molecule has 0 bridgehead atoms. The van der Waals surface area contributed by atoms with Crippen molar-refractivity contribution < 1.29 is 9.26 Å². The predicted octanol–water partition coefficient (Wildman–Crippen LogP) is 4.21. The largest absolute Gasteiger partial charge is 0.380 e. The van der Waals surface area contributed by atoms with Gasteiger partial charge in [-0.3, -0.25) is 4.99 Å². The molecule has 2 N–H and O–H groups in total. The summed E-state index contributed by atoms with van der Waals surface area (Å²) >= 11 is 0. The molecule has 0 aliphatic heterocycles. The third-order valence-corrected chi connectivity index (χ3v) is 4.43. The minimum Gasteiger partial charge on any atom is -0.380 e. The third kappa shape index (κ3) is 7.50. The molecule has 1 heterocycles. The Morgan fingerprint density at radius 2 is 1.74 bits per heavy atom. The van der Waals surface area contributed by atoms with E-state index in [9.17, 15) is 0 Å². The minimum atomic E-state index is 0. The van der Waals surface area contributed by atoms with E-state index >= 15 is 0 Å². The van der Waals surface area contributed by atoms with Crippen LogP contribution in [0.4, 0.5) is 0 Å². The summed E-state index contributed by atoms with van der Waals surface area (Å²) in [6.45, 7) is 6.23. The zero-order valence-corrected chi connectivity index (χ0v) is 18.9. The summed E-state index contributed by atoms with van der Waals surface area (Å²) < 4.78 is 10.6. The lowest BCUT2D eigenvalue weighted by Gasteiger charge is -2.11. The van der Waals surface area contributed by atoms with E-state index < -0.39 is 0 Å². The van der Waals surface area contributed by atoms with Crippen LogP contribution >= 0.6 is 24.0 Å². The molecule has 0 unspecified atom stereocenters. The second-order valence-electron chi connectivity index (χ2n) is 6.26. The van der Waals surface area contributed by atoms with Gasteiger partial charge in [0.15, 0.2) is 11.7 Å². The van der Waals surface area contributed by atoms with Crippen LogP contribution in [-0.2, 0) is 24.4 Å². The van der Waals surface area contributed by atoms with Gasteiger partial charge in [-0.2, -0.15) is 0 Å². The maximum absolute atomic E-state index is 5.44. The van der Waals surface area contributed by atoms with Crippen molar-refractivity contribution in [2.75, 3.05) is 14.2 Å². The summed E-state index contributed by atoms with van der Waals surface area (Å²) in [5.74, 6) is 2.01. The molecule has 150 valence electrons. The summed E-state index contributed by atoms with van der Waals surface area (Å²) in [4.78, 5) is 4.25. The molecule has 7 heteroatoms. The number of nitrogens with zero attached hydrogens (tertiary/aromatic N) is 2. The van der Waals surface area contributed by atoms with Crippen molar-refractivity contribution in [1.29, 1.82) is 0 Å². The molecule has 1 aromatic heterocycles. The highest BCUT2D eigenvalue weighted by Crippen LogP contribution is 2.22. The number of nitrogens with one attached hydrogen (secondary N) is 2. The molecule has 2 rings (SSSR count). The Kier molecular flexibility index (Phi) is 11.0. The molecule has 0 aliphatic rings. The molecule has 0 saturated heterocycles. The average Bonchev–Trinajstić information content (AvgIpc) is 3.13. The number of hydrogen-bond acceptors (Lipinski definition) is 4. The topological polar surface area (TPSA) is 71.7 Å². The molecular formula is C20H31IN4O2. The van der Waals surface area contributed by atoms with Gasteiger partial charge in [0.2, 0.25) is 0 Å². The first-order valence-electron chi connectivity index (χ1n) is 9.16. The lowest BCUT2D eigenvalue weighted by atomic mass is 9.99. The monoisotopic (exact) mass is 486 g/mol. The van der Waals surface area contributed by atoms with Crippen molar-refractivity contribution in [2.24, 2.45) is 4.99 Å². The zero-order chi connectivity index (χ0) is 18.8. The van der Waals surface area contributed by atoms with Gasteiger partial charge in [-0.1, -0.05) is 43.3 Å². The van der Waals surface area contributed by atoms with Crippen molar-refractivity contribution in [3.05, 3.63) is 52.9 Å². The summed E-state index contributed by atoms with van der Waals surface area (Å²) in [5.41, 5.74) is 3.38. The van der Waals surface area contributed by atoms with Gasteiger partial charge in [-0.25, -0.2) is 0 Å². The first-order chi connectivity index (χ1) is 12.7. The van der Waals surface area contributed by atoms with E-state index in [4.69, 9.17) is 9.26 Å². The number of halogens is 1. The number of hydrogen-bond donors (Lipinski definition) is 2. The standard InChI is InChI=1S/C20H30N4O2.HI/c1-5-17(6-2)19-11-18(26-24-19)13-23-20(21-3)22-12-15-7-9-16(10-8-15)14-25-4;/h7-11,17H,5-6,12-14H2,1-4H3,(H2,21,22,23);1H. The van der Waals surface area contributed by atoms with Crippen molar-refractivity contribution in [3.8, 4) is 0 Å². The fourth-order valence-corrected chi connectivity index (χ4v) is 2.81. The fraction of sp³-hybridized carbons (Fsp3) is 0.500. The van der Waals surface area contributed by atoms with Crippen LogP contribution in [0.2, 0.25) is 0 Å². The van der Waals surface area contributed by atoms with E-state index in [0.717, 1.165) is 35.8 Å². The van der Waals surface area contributed by atoms with E-state index in [1.807, 2.05) is 6.07 Å². The summed E-state index contributed by atoms with van der Waals surface area (Å²) in [7, 11) is 3.46. The highest BCUT2D eigenvalue weighted by atomic mass is 127. The minimum absolute atomic E-state index is 0. The number of methoxy groups -OCH3 is 1. The highest BCUT2D eigenvalue weighted by molar-refractivity contribution is 14.0. The molecule has 1 aromatic carbocycles. The highest BCUT2D eigenvalue weighted by Gasteiger charge is 2.13. The molecule has 6 nitrogen and oxygen atoms in total. The van der Waals surface area contributed by atoms with Crippen molar-refractivity contribution in [2.45, 2.75) is 52.3 Å². The zero-order valence-electron chi connectivity index (χ0n) is 16.6. The van der Waals surface area contributed by atoms with Crippen LogP contribution in [0.5, 0.6) is 0 Å². The SMILES string of the molecule is CCC(CC)c1cc(CNC(=NC)NCc2ccc(COC)cc2)on1.I. The van der Waals surface area contributed by atoms with Crippen LogP contribution in [0.1, 0.15) is 55.2 Å². The summed E-state index contributed by atoms with van der Waals surface area (Å²) in [5, 5.41) is 10.8. The maximum atomic E-state index is 5.44.